The van der Waals surface area contributed by atoms with Crippen LogP contribution in [0.1, 0.15) is 24.0 Å². The first-order valence-corrected chi connectivity index (χ1v) is 8.29. The van der Waals surface area contributed by atoms with Crippen LogP contribution in [0.4, 0.5) is 0 Å². The van der Waals surface area contributed by atoms with Gasteiger partial charge in [-0.3, -0.25) is 4.79 Å². The maximum Gasteiger partial charge on any atom is 0.232 e. The third kappa shape index (κ3) is 5.07. The topological polar surface area (TPSA) is 56.1 Å². The summed E-state index contributed by atoms with van der Waals surface area (Å²) in [5.41, 5.74) is 1.70. The molecule has 1 aliphatic rings. The summed E-state index contributed by atoms with van der Waals surface area (Å²) >= 11 is 1.78. The fourth-order valence-electron chi connectivity index (χ4n) is 2.31. The van der Waals surface area contributed by atoms with Crippen molar-refractivity contribution in [3.63, 3.8) is 0 Å². The number of hydrogen-bond donors (Lipinski definition) is 1. The molecule has 0 bridgehead atoms. The maximum absolute atomic E-state index is 12.2. The summed E-state index contributed by atoms with van der Waals surface area (Å²) in [5.74, 6) is 0.722. The minimum Gasteiger partial charge on any atom is -0.341 e. The number of nitrogens with one attached hydrogen (secondary N) is 1. The zero-order valence-corrected chi connectivity index (χ0v) is 13.2. The van der Waals surface area contributed by atoms with Crippen molar-refractivity contribution in [2.75, 3.05) is 25.9 Å². The van der Waals surface area contributed by atoms with Crippen LogP contribution in [-0.2, 0) is 11.3 Å². The molecule has 0 aromatic heterocycles. The molecule has 2 rings (SSSR count). The van der Waals surface area contributed by atoms with Crippen molar-refractivity contribution in [3.8, 4) is 6.07 Å². The third-order valence-electron chi connectivity index (χ3n) is 3.66. The first-order chi connectivity index (χ1) is 10.2. The number of carbonyl (C=O) groups is 1. The van der Waals surface area contributed by atoms with Crippen molar-refractivity contribution < 1.29 is 4.79 Å². The van der Waals surface area contributed by atoms with E-state index >= 15 is 0 Å². The molecule has 0 atom stereocenters. The monoisotopic (exact) mass is 303 g/mol. The van der Waals surface area contributed by atoms with Gasteiger partial charge >= 0.3 is 0 Å². The molecule has 0 radical (unpaired) electrons. The molecule has 5 heteroatoms. The quantitative estimate of drug-likeness (QED) is 0.904. The molecule has 1 fully saturated rings. The van der Waals surface area contributed by atoms with Crippen molar-refractivity contribution in [2.45, 2.75) is 24.6 Å². The summed E-state index contributed by atoms with van der Waals surface area (Å²) in [6, 6.07) is 9.49. The zero-order chi connectivity index (χ0) is 15.1. The van der Waals surface area contributed by atoms with Crippen molar-refractivity contribution in [3.05, 3.63) is 35.4 Å². The predicted octanol–water partition coefficient (Wildman–Crippen LogP) is 2.00. The van der Waals surface area contributed by atoms with Gasteiger partial charge in [-0.1, -0.05) is 12.1 Å². The van der Waals surface area contributed by atoms with Gasteiger partial charge in [0.2, 0.25) is 5.91 Å². The Morgan fingerprint density at radius 1 is 1.38 bits per heavy atom. The number of piperidine rings is 1. The fourth-order valence-corrected chi connectivity index (χ4v) is 3.48. The molecule has 1 aromatic rings. The van der Waals surface area contributed by atoms with Gasteiger partial charge < -0.3 is 10.2 Å². The van der Waals surface area contributed by atoms with E-state index in [2.05, 4.69) is 11.4 Å². The van der Waals surface area contributed by atoms with Crippen LogP contribution in [0.25, 0.3) is 0 Å². The van der Waals surface area contributed by atoms with E-state index in [4.69, 9.17) is 5.26 Å². The number of nitrogens with zero attached hydrogens (tertiary/aromatic N) is 2. The normalized spacial score (nSPS) is 15.4. The van der Waals surface area contributed by atoms with Crippen LogP contribution in [0.3, 0.4) is 0 Å². The van der Waals surface area contributed by atoms with E-state index in [0.717, 1.165) is 31.5 Å². The van der Waals surface area contributed by atoms with Gasteiger partial charge in [0.15, 0.2) is 0 Å². The lowest BCUT2D eigenvalue weighted by Gasteiger charge is -2.23. The molecule has 1 amide bonds. The lowest BCUT2D eigenvalue weighted by atomic mass is 10.1. The Morgan fingerprint density at radius 3 is 2.67 bits per heavy atom. The summed E-state index contributed by atoms with van der Waals surface area (Å²) in [6.07, 6.45) is 2.30. The number of nitriles is 1. The summed E-state index contributed by atoms with van der Waals surface area (Å²) in [5, 5.41) is 12.7. The standard InChI is InChI=1S/C16H21N3OS/c1-19(11-14-4-2-13(10-17)3-5-14)16(20)12-21-15-6-8-18-9-7-15/h2-5,15,18H,6-9,11-12H2,1H3. The molecule has 1 aromatic carbocycles. The molecule has 0 spiro atoms. The molecule has 112 valence electrons. The highest BCUT2D eigenvalue weighted by molar-refractivity contribution is 8.00. The van der Waals surface area contributed by atoms with Crippen LogP contribution in [0.2, 0.25) is 0 Å². The first-order valence-electron chi connectivity index (χ1n) is 7.24. The van der Waals surface area contributed by atoms with Gasteiger partial charge in [0.05, 0.1) is 17.4 Å². The largest absolute Gasteiger partial charge is 0.341 e. The molecule has 1 N–H and O–H groups in total. The van der Waals surface area contributed by atoms with Gasteiger partial charge in [0.25, 0.3) is 0 Å². The Balaban J connectivity index is 1.77. The van der Waals surface area contributed by atoms with Crippen LogP contribution in [0.5, 0.6) is 0 Å². The number of amides is 1. The average Bonchev–Trinajstić information content (AvgIpc) is 2.54. The lowest BCUT2D eigenvalue weighted by molar-refractivity contribution is -0.127. The third-order valence-corrected chi connectivity index (χ3v) is 5.01. The zero-order valence-electron chi connectivity index (χ0n) is 12.3. The second-order valence-electron chi connectivity index (χ2n) is 5.32. The summed E-state index contributed by atoms with van der Waals surface area (Å²) in [7, 11) is 1.84. The highest BCUT2D eigenvalue weighted by Crippen LogP contribution is 2.20. The smallest absolute Gasteiger partial charge is 0.232 e. The average molecular weight is 303 g/mol. The first kappa shape index (κ1) is 15.9. The SMILES string of the molecule is CN(Cc1ccc(C#N)cc1)C(=O)CSC1CCNCC1. The molecule has 4 nitrogen and oxygen atoms in total. The van der Waals surface area contributed by atoms with Gasteiger partial charge in [0, 0.05) is 18.8 Å². The molecule has 21 heavy (non-hydrogen) atoms. The predicted molar refractivity (Wildman–Crippen MR) is 86.0 cm³/mol. The van der Waals surface area contributed by atoms with Crippen molar-refractivity contribution in [1.82, 2.24) is 10.2 Å². The van der Waals surface area contributed by atoms with Crippen molar-refractivity contribution in [2.24, 2.45) is 0 Å². The molecule has 0 aliphatic carbocycles. The molecule has 1 aliphatic heterocycles. The van der Waals surface area contributed by atoms with Crippen molar-refractivity contribution in [1.29, 1.82) is 5.26 Å². The number of carbonyl (C=O) groups excluding carboxylic acids is 1. The van der Waals surface area contributed by atoms with E-state index in [1.54, 1.807) is 28.8 Å². The Kier molecular flexibility index (Phi) is 6.09. The van der Waals surface area contributed by atoms with Crippen molar-refractivity contribution >= 4 is 17.7 Å². The van der Waals surface area contributed by atoms with Crippen LogP contribution in [0.15, 0.2) is 24.3 Å². The molecule has 1 saturated heterocycles. The highest BCUT2D eigenvalue weighted by Gasteiger charge is 2.16. The molecule has 0 saturated carbocycles. The molecular formula is C16H21N3OS. The van der Waals surface area contributed by atoms with Crippen LogP contribution < -0.4 is 5.32 Å². The van der Waals surface area contributed by atoms with Gasteiger partial charge in [0.1, 0.15) is 0 Å². The Bertz CT molecular complexity index is 503. The van der Waals surface area contributed by atoms with E-state index < -0.39 is 0 Å². The minimum atomic E-state index is 0.169. The van der Waals surface area contributed by atoms with Crippen LogP contribution in [-0.4, -0.2) is 41.9 Å². The molecule has 0 unspecified atom stereocenters. The molecular weight excluding hydrogens is 282 g/mol. The van der Waals surface area contributed by atoms with Gasteiger partial charge in [-0.25, -0.2) is 0 Å². The number of rotatable bonds is 5. The minimum absolute atomic E-state index is 0.169. The van der Waals surface area contributed by atoms with Gasteiger partial charge in [-0.05, 0) is 43.6 Å². The Morgan fingerprint density at radius 2 is 2.05 bits per heavy atom. The summed E-state index contributed by atoms with van der Waals surface area (Å²) in [6.45, 7) is 2.72. The highest BCUT2D eigenvalue weighted by atomic mass is 32.2. The number of benzene rings is 1. The lowest BCUT2D eigenvalue weighted by Crippen LogP contribution is -2.32. The van der Waals surface area contributed by atoms with Crippen LogP contribution in [0, 0.1) is 11.3 Å². The summed E-state index contributed by atoms with van der Waals surface area (Å²) < 4.78 is 0. The van der Waals surface area contributed by atoms with Gasteiger partial charge in [-0.2, -0.15) is 5.26 Å². The molecule has 1 heterocycles. The van der Waals surface area contributed by atoms with E-state index in [1.165, 1.54) is 0 Å². The number of thioether (sulfide) groups is 1. The van der Waals surface area contributed by atoms with E-state index in [0.29, 0.717) is 23.1 Å². The van der Waals surface area contributed by atoms with Gasteiger partial charge in [-0.15, -0.1) is 11.8 Å². The van der Waals surface area contributed by atoms with E-state index in [-0.39, 0.29) is 5.91 Å². The fraction of sp³-hybridized carbons (Fsp3) is 0.500. The van der Waals surface area contributed by atoms with E-state index in [9.17, 15) is 4.79 Å². The number of hydrogen-bond acceptors (Lipinski definition) is 4. The Labute approximate surface area is 130 Å². The Hall–Kier alpha value is -1.51. The second-order valence-corrected chi connectivity index (χ2v) is 6.61. The second kappa shape index (κ2) is 8.06. The van der Waals surface area contributed by atoms with Crippen LogP contribution >= 0.6 is 11.8 Å². The maximum atomic E-state index is 12.2. The van der Waals surface area contributed by atoms with E-state index in [1.807, 2.05) is 19.2 Å². The summed E-state index contributed by atoms with van der Waals surface area (Å²) in [4.78, 5) is 13.9.